The van der Waals surface area contributed by atoms with Crippen molar-refractivity contribution in [3.63, 3.8) is 0 Å². The molecule has 2 aromatic rings. The average molecular weight is 448 g/mol. The Morgan fingerprint density at radius 1 is 1.16 bits per heavy atom. The number of hydrogen-bond donors (Lipinski definition) is 1. The molecule has 1 saturated heterocycles. The summed E-state index contributed by atoms with van der Waals surface area (Å²) in [5, 5.41) is 9.85. The lowest BCUT2D eigenvalue weighted by Crippen LogP contribution is -2.51. The molecular weight excluding hydrogens is 422 g/mol. The van der Waals surface area contributed by atoms with Gasteiger partial charge in [-0.05, 0) is 30.7 Å². The molecule has 0 aliphatic carbocycles. The molecule has 2 aliphatic heterocycles. The Hall–Kier alpha value is -2.82. The lowest BCUT2D eigenvalue weighted by molar-refractivity contribution is -0.134. The van der Waals surface area contributed by atoms with E-state index in [1.54, 1.807) is 37.1 Å². The highest BCUT2D eigenvalue weighted by molar-refractivity contribution is 7.89. The molecule has 2 aliphatic rings. The number of hydrogen-bond acceptors (Lipinski definition) is 7. The minimum Gasteiger partial charge on any atom is -0.484 e. The first-order valence-electron chi connectivity index (χ1n) is 9.95. The van der Waals surface area contributed by atoms with Crippen molar-refractivity contribution in [2.45, 2.75) is 18.2 Å². The molecule has 1 amide bonds. The van der Waals surface area contributed by atoms with Gasteiger partial charge in [0.2, 0.25) is 10.0 Å². The van der Waals surface area contributed by atoms with E-state index in [0.717, 1.165) is 0 Å². The van der Waals surface area contributed by atoms with Gasteiger partial charge in [-0.2, -0.15) is 4.31 Å². The quantitative estimate of drug-likeness (QED) is 0.730. The number of amides is 1. The molecule has 0 bridgehead atoms. The summed E-state index contributed by atoms with van der Waals surface area (Å²) in [6, 6.07) is 12.2. The molecule has 166 valence electrons. The first kappa shape index (κ1) is 21.4. The SMILES string of the molecule is Cc1cc2c(cc1S(=O)(=O)N1CCN(C(=O)COc3ccccc3)CC1)OC(O)N2C. The van der Waals surface area contributed by atoms with Crippen LogP contribution in [-0.2, 0) is 14.8 Å². The van der Waals surface area contributed by atoms with Crippen molar-refractivity contribution in [1.29, 1.82) is 0 Å². The fourth-order valence-corrected chi connectivity index (χ4v) is 5.33. The van der Waals surface area contributed by atoms with Crippen molar-refractivity contribution in [2.24, 2.45) is 0 Å². The molecule has 1 N–H and O–H groups in total. The maximum atomic E-state index is 13.2. The Kier molecular flexibility index (Phi) is 5.78. The number of piperazine rings is 1. The van der Waals surface area contributed by atoms with Crippen LogP contribution in [0.3, 0.4) is 0 Å². The number of aliphatic hydroxyl groups excluding tert-OH is 1. The smallest absolute Gasteiger partial charge is 0.281 e. The fraction of sp³-hybridized carbons (Fsp3) is 0.381. The number of carbonyl (C=O) groups is 1. The van der Waals surface area contributed by atoms with Gasteiger partial charge in [-0.1, -0.05) is 18.2 Å². The monoisotopic (exact) mass is 447 g/mol. The third-order valence-electron chi connectivity index (χ3n) is 5.51. The number of nitrogens with zero attached hydrogens (tertiary/aromatic N) is 3. The van der Waals surface area contributed by atoms with Crippen LogP contribution in [0.15, 0.2) is 47.4 Å². The van der Waals surface area contributed by atoms with Gasteiger partial charge in [0, 0.05) is 39.3 Å². The van der Waals surface area contributed by atoms with Gasteiger partial charge in [-0.25, -0.2) is 8.42 Å². The Bertz CT molecular complexity index is 1070. The van der Waals surface area contributed by atoms with E-state index in [-0.39, 0.29) is 43.6 Å². The van der Waals surface area contributed by atoms with E-state index in [9.17, 15) is 18.3 Å². The van der Waals surface area contributed by atoms with Gasteiger partial charge in [-0.3, -0.25) is 4.79 Å². The highest BCUT2D eigenvalue weighted by Gasteiger charge is 2.34. The number of ether oxygens (including phenoxy) is 2. The van der Waals surface area contributed by atoms with Crippen molar-refractivity contribution in [2.75, 3.05) is 44.7 Å². The molecule has 0 radical (unpaired) electrons. The zero-order valence-electron chi connectivity index (χ0n) is 17.4. The van der Waals surface area contributed by atoms with Crippen LogP contribution < -0.4 is 14.4 Å². The lowest BCUT2D eigenvalue weighted by atomic mass is 10.2. The Morgan fingerprint density at radius 2 is 1.84 bits per heavy atom. The molecule has 10 heteroatoms. The largest absolute Gasteiger partial charge is 0.484 e. The summed E-state index contributed by atoms with van der Waals surface area (Å²) in [6.45, 7) is 2.59. The van der Waals surface area contributed by atoms with Crippen LogP contribution >= 0.6 is 0 Å². The first-order chi connectivity index (χ1) is 14.8. The van der Waals surface area contributed by atoms with Crippen LogP contribution in [0.2, 0.25) is 0 Å². The van der Waals surface area contributed by atoms with Crippen LogP contribution in [0, 0.1) is 6.92 Å². The summed E-state index contributed by atoms with van der Waals surface area (Å²) in [5.74, 6) is 0.758. The van der Waals surface area contributed by atoms with E-state index in [0.29, 0.717) is 22.7 Å². The number of anilines is 1. The standard InChI is InChI=1S/C21H25N3O6S/c1-15-12-17-18(30-21(26)22(17)2)13-19(15)31(27,28)24-10-8-23(9-11-24)20(25)14-29-16-6-4-3-5-7-16/h3-7,12-13,21,26H,8-11,14H2,1-2H3. The summed E-state index contributed by atoms with van der Waals surface area (Å²) >= 11 is 0. The van der Waals surface area contributed by atoms with E-state index in [1.807, 2.05) is 18.2 Å². The summed E-state index contributed by atoms with van der Waals surface area (Å²) < 4.78 is 38.7. The Labute approximate surface area is 181 Å². The molecule has 1 atom stereocenters. The number of benzene rings is 2. The second-order valence-electron chi connectivity index (χ2n) is 7.53. The van der Waals surface area contributed by atoms with Crippen LogP contribution in [0.1, 0.15) is 5.56 Å². The van der Waals surface area contributed by atoms with Crippen molar-refractivity contribution in [1.82, 2.24) is 9.21 Å². The molecule has 31 heavy (non-hydrogen) atoms. The van der Waals surface area contributed by atoms with Crippen LogP contribution in [0.4, 0.5) is 5.69 Å². The lowest BCUT2D eigenvalue weighted by Gasteiger charge is -2.34. The van der Waals surface area contributed by atoms with Gasteiger partial charge in [0.15, 0.2) is 6.61 Å². The average Bonchev–Trinajstić information content (AvgIpc) is 3.05. The van der Waals surface area contributed by atoms with Gasteiger partial charge < -0.3 is 24.4 Å². The highest BCUT2D eigenvalue weighted by atomic mass is 32.2. The van der Waals surface area contributed by atoms with E-state index in [1.165, 1.54) is 15.3 Å². The fourth-order valence-electron chi connectivity index (χ4n) is 3.68. The van der Waals surface area contributed by atoms with Crippen LogP contribution in [-0.4, -0.2) is 74.9 Å². The molecule has 1 fully saturated rings. The second kappa shape index (κ2) is 8.37. The third kappa shape index (κ3) is 4.18. The van der Waals surface area contributed by atoms with E-state index >= 15 is 0 Å². The molecule has 2 heterocycles. The molecule has 1 unspecified atom stereocenters. The Balaban J connectivity index is 1.40. The second-order valence-corrected chi connectivity index (χ2v) is 9.43. The normalized spacial score (nSPS) is 19.1. The summed E-state index contributed by atoms with van der Waals surface area (Å²) in [5.41, 5.74) is 1.20. The van der Waals surface area contributed by atoms with E-state index < -0.39 is 16.4 Å². The van der Waals surface area contributed by atoms with Gasteiger partial charge in [0.25, 0.3) is 12.3 Å². The number of para-hydroxylation sites is 1. The van der Waals surface area contributed by atoms with Crippen LogP contribution in [0.5, 0.6) is 11.5 Å². The van der Waals surface area contributed by atoms with E-state index in [2.05, 4.69) is 0 Å². The zero-order chi connectivity index (χ0) is 22.2. The summed E-state index contributed by atoms with van der Waals surface area (Å²) in [4.78, 5) is 15.7. The number of carbonyl (C=O) groups excluding carboxylic acids is 1. The number of aryl methyl sites for hydroxylation is 1. The third-order valence-corrected chi connectivity index (χ3v) is 7.56. The highest BCUT2D eigenvalue weighted by Crippen LogP contribution is 2.39. The first-order valence-corrected chi connectivity index (χ1v) is 11.4. The van der Waals surface area contributed by atoms with Crippen LogP contribution in [0.25, 0.3) is 0 Å². The Morgan fingerprint density at radius 3 is 2.52 bits per heavy atom. The topological polar surface area (TPSA) is 99.6 Å². The molecule has 0 spiro atoms. The predicted octanol–water partition coefficient (Wildman–Crippen LogP) is 1.01. The molecule has 2 aromatic carbocycles. The van der Waals surface area contributed by atoms with Gasteiger partial charge in [0.1, 0.15) is 11.5 Å². The summed E-state index contributed by atoms with van der Waals surface area (Å²) in [7, 11) is -2.10. The van der Waals surface area contributed by atoms with Gasteiger partial charge >= 0.3 is 0 Å². The molecule has 4 rings (SSSR count). The number of rotatable bonds is 5. The van der Waals surface area contributed by atoms with E-state index in [4.69, 9.17) is 9.47 Å². The molecule has 0 saturated carbocycles. The zero-order valence-corrected chi connectivity index (χ0v) is 18.2. The number of fused-ring (bicyclic) bond motifs is 1. The minimum atomic E-state index is -3.77. The van der Waals surface area contributed by atoms with Crippen molar-refractivity contribution >= 4 is 21.6 Å². The van der Waals surface area contributed by atoms with Gasteiger partial charge in [0.05, 0.1) is 10.6 Å². The summed E-state index contributed by atoms with van der Waals surface area (Å²) in [6.07, 6.45) is -1.14. The molecular formula is C21H25N3O6S. The number of aliphatic hydroxyl groups is 1. The maximum absolute atomic E-state index is 13.2. The molecule has 9 nitrogen and oxygen atoms in total. The number of sulfonamides is 1. The van der Waals surface area contributed by atoms with Crippen molar-refractivity contribution in [3.05, 3.63) is 48.0 Å². The maximum Gasteiger partial charge on any atom is 0.281 e. The predicted molar refractivity (Wildman–Crippen MR) is 113 cm³/mol. The molecule has 0 aromatic heterocycles. The van der Waals surface area contributed by atoms with Crippen molar-refractivity contribution in [3.8, 4) is 11.5 Å². The van der Waals surface area contributed by atoms with Gasteiger partial charge in [-0.15, -0.1) is 0 Å². The minimum absolute atomic E-state index is 0.0894. The van der Waals surface area contributed by atoms with Crippen molar-refractivity contribution < 1.29 is 27.8 Å².